The van der Waals surface area contributed by atoms with E-state index in [1.54, 1.807) is 0 Å². The first-order valence-electron chi connectivity index (χ1n) is 5.64. The molecule has 1 aromatic rings. The summed E-state index contributed by atoms with van der Waals surface area (Å²) in [6.07, 6.45) is 0.906. The predicted octanol–water partition coefficient (Wildman–Crippen LogP) is 4.28. The minimum absolute atomic E-state index is 0.0388. The van der Waals surface area contributed by atoms with Crippen LogP contribution in [-0.2, 0) is 10.2 Å². The minimum Gasteiger partial charge on any atom is -0.382 e. The van der Waals surface area contributed by atoms with E-state index in [1.807, 2.05) is 19.1 Å². The lowest BCUT2D eigenvalue weighted by molar-refractivity contribution is 0.131. The van der Waals surface area contributed by atoms with Crippen molar-refractivity contribution in [2.45, 2.75) is 18.8 Å². The van der Waals surface area contributed by atoms with Crippen molar-refractivity contribution >= 4 is 31.9 Å². The molecule has 0 saturated heterocycles. The van der Waals surface area contributed by atoms with Gasteiger partial charge in [0, 0.05) is 29.3 Å². The van der Waals surface area contributed by atoms with E-state index in [4.69, 9.17) is 4.74 Å². The highest BCUT2D eigenvalue weighted by Gasteiger charge is 2.29. The van der Waals surface area contributed by atoms with Gasteiger partial charge in [-0.3, -0.25) is 0 Å². The van der Waals surface area contributed by atoms with Crippen molar-refractivity contribution in [3.05, 3.63) is 35.6 Å². The Balaban J connectivity index is 2.85. The third kappa shape index (κ3) is 4.04. The van der Waals surface area contributed by atoms with Crippen molar-refractivity contribution in [2.75, 3.05) is 23.9 Å². The summed E-state index contributed by atoms with van der Waals surface area (Å²) < 4.78 is 18.4. The van der Waals surface area contributed by atoms with Crippen LogP contribution in [0, 0.1) is 5.82 Å². The van der Waals surface area contributed by atoms with E-state index in [9.17, 15) is 4.39 Å². The molecule has 0 aliphatic carbocycles. The standard InChI is InChI=1S/C13H17Br2FO/c1-2-17-8-7-13(9-14,10-15)11-3-5-12(16)6-4-11/h3-6H,2,7-10H2,1H3. The van der Waals surface area contributed by atoms with Crippen LogP contribution in [0.4, 0.5) is 4.39 Å². The second-order valence-corrected chi connectivity index (χ2v) is 5.12. The molecule has 0 amide bonds. The highest BCUT2D eigenvalue weighted by atomic mass is 79.9. The fraction of sp³-hybridized carbons (Fsp3) is 0.538. The van der Waals surface area contributed by atoms with Crippen LogP contribution in [0.3, 0.4) is 0 Å². The minimum atomic E-state index is -0.198. The third-order valence-corrected chi connectivity index (χ3v) is 5.04. The topological polar surface area (TPSA) is 9.23 Å². The molecule has 96 valence electrons. The Morgan fingerprint density at radius 3 is 2.24 bits per heavy atom. The normalized spacial score (nSPS) is 11.8. The zero-order chi connectivity index (χ0) is 12.7. The van der Waals surface area contributed by atoms with E-state index in [0.717, 1.165) is 29.3 Å². The van der Waals surface area contributed by atoms with Crippen molar-refractivity contribution in [3.8, 4) is 0 Å². The van der Waals surface area contributed by atoms with Gasteiger partial charge in [0.15, 0.2) is 0 Å². The molecule has 0 saturated carbocycles. The van der Waals surface area contributed by atoms with Gasteiger partial charge < -0.3 is 4.74 Å². The van der Waals surface area contributed by atoms with E-state index < -0.39 is 0 Å². The molecule has 0 spiro atoms. The van der Waals surface area contributed by atoms with Crippen molar-refractivity contribution < 1.29 is 9.13 Å². The molecule has 4 heteroatoms. The summed E-state index contributed by atoms with van der Waals surface area (Å²) in [5.74, 6) is -0.198. The van der Waals surface area contributed by atoms with Crippen molar-refractivity contribution in [3.63, 3.8) is 0 Å². The van der Waals surface area contributed by atoms with Gasteiger partial charge in [-0.25, -0.2) is 4.39 Å². The Labute approximate surface area is 119 Å². The number of hydrogen-bond acceptors (Lipinski definition) is 1. The lowest BCUT2D eigenvalue weighted by Gasteiger charge is -2.30. The summed E-state index contributed by atoms with van der Waals surface area (Å²) in [6.45, 7) is 3.43. The molecule has 0 aliphatic heterocycles. The third-order valence-electron chi connectivity index (χ3n) is 2.90. The lowest BCUT2D eigenvalue weighted by Crippen LogP contribution is -2.31. The van der Waals surface area contributed by atoms with Crippen LogP contribution in [0.25, 0.3) is 0 Å². The number of alkyl halides is 2. The first-order valence-corrected chi connectivity index (χ1v) is 7.88. The fourth-order valence-electron chi connectivity index (χ4n) is 1.68. The zero-order valence-electron chi connectivity index (χ0n) is 9.89. The van der Waals surface area contributed by atoms with E-state index in [2.05, 4.69) is 31.9 Å². The summed E-state index contributed by atoms with van der Waals surface area (Å²) in [5, 5.41) is 1.65. The van der Waals surface area contributed by atoms with Crippen molar-refractivity contribution in [1.82, 2.24) is 0 Å². The SMILES string of the molecule is CCOCCC(CBr)(CBr)c1ccc(F)cc1. The number of ether oxygens (including phenoxy) is 1. The maximum atomic E-state index is 12.9. The zero-order valence-corrected chi connectivity index (χ0v) is 13.1. The van der Waals surface area contributed by atoms with E-state index in [-0.39, 0.29) is 11.2 Å². The molecule has 1 aromatic carbocycles. The van der Waals surface area contributed by atoms with Gasteiger partial charge >= 0.3 is 0 Å². The van der Waals surface area contributed by atoms with Crippen LogP contribution in [-0.4, -0.2) is 23.9 Å². The quantitative estimate of drug-likeness (QED) is 0.516. The van der Waals surface area contributed by atoms with Gasteiger partial charge in [-0.05, 0) is 31.0 Å². The van der Waals surface area contributed by atoms with Gasteiger partial charge in [0.05, 0.1) is 0 Å². The van der Waals surface area contributed by atoms with Crippen molar-refractivity contribution in [2.24, 2.45) is 0 Å². The highest BCUT2D eigenvalue weighted by Crippen LogP contribution is 2.32. The van der Waals surface area contributed by atoms with Gasteiger partial charge in [-0.2, -0.15) is 0 Å². The van der Waals surface area contributed by atoms with Crippen LogP contribution in [0.2, 0.25) is 0 Å². The van der Waals surface area contributed by atoms with Gasteiger partial charge in [-0.1, -0.05) is 44.0 Å². The number of benzene rings is 1. The Morgan fingerprint density at radius 1 is 1.18 bits per heavy atom. The Kier molecular flexibility index (Phi) is 6.67. The average molecular weight is 368 g/mol. The van der Waals surface area contributed by atoms with Gasteiger partial charge in [0.25, 0.3) is 0 Å². The summed E-state index contributed by atoms with van der Waals surface area (Å²) in [7, 11) is 0. The van der Waals surface area contributed by atoms with Gasteiger partial charge in [0.1, 0.15) is 5.82 Å². The van der Waals surface area contributed by atoms with E-state index in [0.29, 0.717) is 6.61 Å². The molecule has 1 rings (SSSR count). The average Bonchev–Trinajstić information content (AvgIpc) is 2.37. The summed E-state index contributed by atoms with van der Waals surface area (Å²) in [5.41, 5.74) is 1.09. The molecule has 0 atom stereocenters. The predicted molar refractivity (Wildman–Crippen MR) is 76.8 cm³/mol. The Hall–Kier alpha value is 0.0700. The van der Waals surface area contributed by atoms with E-state index in [1.165, 1.54) is 12.1 Å². The number of hydrogen-bond donors (Lipinski definition) is 0. The molecule has 0 aliphatic rings. The second kappa shape index (κ2) is 7.49. The fourth-order valence-corrected chi connectivity index (χ4v) is 3.82. The Morgan fingerprint density at radius 2 is 1.76 bits per heavy atom. The molecule has 0 bridgehead atoms. The molecule has 1 nitrogen and oxygen atoms in total. The van der Waals surface area contributed by atoms with Crippen LogP contribution in [0.15, 0.2) is 24.3 Å². The second-order valence-electron chi connectivity index (χ2n) is 4.00. The lowest BCUT2D eigenvalue weighted by atomic mass is 9.82. The van der Waals surface area contributed by atoms with Gasteiger partial charge in [-0.15, -0.1) is 0 Å². The van der Waals surface area contributed by atoms with Crippen LogP contribution in [0.5, 0.6) is 0 Å². The summed E-state index contributed by atoms with van der Waals surface area (Å²) in [4.78, 5) is 0. The van der Waals surface area contributed by atoms with Crippen LogP contribution in [0.1, 0.15) is 18.9 Å². The maximum Gasteiger partial charge on any atom is 0.123 e. The first kappa shape index (κ1) is 15.1. The Bertz CT molecular complexity index is 323. The van der Waals surface area contributed by atoms with Gasteiger partial charge in [0.2, 0.25) is 0 Å². The monoisotopic (exact) mass is 366 g/mol. The largest absolute Gasteiger partial charge is 0.382 e. The molecule has 0 fully saturated rings. The molecule has 0 unspecified atom stereocenters. The molecule has 0 heterocycles. The molecular formula is C13H17Br2FO. The highest BCUT2D eigenvalue weighted by molar-refractivity contribution is 9.09. The summed E-state index contributed by atoms with van der Waals surface area (Å²) >= 11 is 7.12. The maximum absolute atomic E-state index is 12.9. The molecular weight excluding hydrogens is 351 g/mol. The van der Waals surface area contributed by atoms with Crippen molar-refractivity contribution in [1.29, 1.82) is 0 Å². The summed E-state index contributed by atoms with van der Waals surface area (Å²) in [6, 6.07) is 6.72. The number of halogens is 3. The number of rotatable bonds is 7. The molecule has 17 heavy (non-hydrogen) atoms. The van der Waals surface area contributed by atoms with Crippen LogP contribution < -0.4 is 0 Å². The first-order chi connectivity index (χ1) is 8.18. The molecule has 0 aromatic heterocycles. The smallest absolute Gasteiger partial charge is 0.123 e. The molecule has 0 N–H and O–H groups in total. The molecule has 0 radical (unpaired) electrons. The van der Waals surface area contributed by atoms with E-state index >= 15 is 0 Å². The van der Waals surface area contributed by atoms with Crippen LogP contribution >= 0.6 is 31.9 Å².